The number of rotatable bonds is 5. The van der Waals surface area contributed by atoms with Gasteiger partial charge in [-0.15, -0.1) is 11.6 Å². The summed E-state index contributed by atoms with van der Waals surface area (Å²) >= 11 is 5.87. The number of anilines is 1. The third-order valence-corrected chi connectivity index (χ3v) is 3.68. The average Bonchev–Trinajstić information content (AvgIpc) is 2.73. The van der Waals surface area contributed by atoms with Gasteiger partial charge in [0.25, 0.3) is 0 Å². The first-order valence-corrected chi connectivity index (χ1v) is 6.73. The summed E-state index contributed by atoms with van der Waals surface area (Å²) in [6.07, 6.45) is 5.51. The number of aromatic nitrogens is 3. The van der Waals surface area contributed by atoms with Crippen LogP contribution in [0.15, 0.2) is 18.6 Å². The van der Waals surface area contributed by atoms with Crippen molar-refractivity contribution in [2.45, 2.75) is 32.2 Å². The summed E-state index contributed by atoms with van der Waals surface area (Å²) in [5, 5.41) is 3.49. The predicted octanol–water partition coefficient (Wildman–Crippen LogP) is 3.18. The lowest BCUT2D eigenvalue weighted by Crippen LogP contribution is -2.34. The maximum Gasteiger partial charge on any atom is 0.154 e. The van der Waals surface area contributed by atoms with E-state index in [9.17, 15) is 0 Å². The average molecular weight is 267 g/mol. The number of halogens is 1. The van der Waals surface area contributed by atoms with E-state index in [-0.39, 0.29) is 5.54 Å². The summed E-state index contributed by atoms with van der Waals surface area (Å²) in [7, 11) is 1.98. The van der Waals surface area contributed by atoms with Gasteiger partial charge < -0.3 is 9.88 Å². The Hall–Kier alpha value is -1.29. The van der Waals surface area contributed by atoms with E-state index in [0.29, 0.717) is 5.88 Å². The second-order valence-corrected chi connectivity index (χ2v) is 5.24. The minimum absolute atomic E-state index is 0.0411. The van der Waals surface area contributed by atoms with Gasteiger partial charge >= 0.3 is 0 Å². The maximum atomic E-state index is 5.87. The Kier molecular flexibility index (Phi) is 3.76. The molecule has 0 fully saturated rings. The minimum atomic E-state index is -0.0411. The molecule has 2 heterocycles. The largest absolute Gasteiger partial charge is 0.363 e. The summed E-state index contributed by atoms with van der Waals surface area (Å²) in [5.41, 5.74) is 1.95. The molecule has 5 heteroatoms. The van der Waals surface area contributed by atoms with Crippen molar-refractivity contribution in [1.29, 1.82) is 0 Å². The molecule has 0 amide bonds. The molecule has 1 atom stereocenters. The standard InChI is InChI=1S/C13H19ClN4/c1-4-13(2,6-7-14)17-12-11-10(5-8-15-12)18(3)9-16-11/h5,8-9H,4,6-7H2,1-3H3,(H,15,17). The Bertz CT molecular complexity index is 537. The van der Waals surface area contributed by atoms with Crippen molar-refractivity contribution in [3.8, 4) is 0 Å². The van der Waals surface area contributed by atoms with E-state index in [1.54, 1.807) is 0 Å². The molecule has 1 unspecified atom stereocenters. The van der Waals surface area contributed by atoms with Crippen LogP contribution in [0.4, 0.5) is 5.82 Å². The van der Waals surface area contributed by atoms with E-state index < -0.39 is 0 Å². The zero-order chi connectivity index (χ0) is 13.2. The van der Waals surface area contributed by atoms with E-state index in [1.807, 2.05) is 30.2 Å². The van der Waals surface area contributed by atoms with Gasteiger partial charge in [-0.1, -0.05) is 6.92 Å². The molecule has 0 aromatic carbocycles. The monoisotopic (exact) mass is 266 g/mol. The van der Waals surface area contributed by atoms with Crippen LogP contribution in [-0.4, -0.2) is 26.0 Å². The highest BCUT2D eigenvalue weighted by molar-refractivity contribution is 6.17. The quantitative estimate of drug-likeness (QED) is 0.846. The Labute approximate surface area is 112 Å². The highest BCUT2D eigenvalue weighted by Gasteiger charge is 2.22. The van der Waals surface area contributed by atoms with Crippen molar-refractivity contribution < 1.29 is 0 Å². The van der Waals surface area contributed by atoms with Gasteiger partial charge in [-0.25, -0.2) is 9.97 Å². The van der Waals surface area contributed by atoms with Gasteiger partial charge in [0.05, 0.1) is 11.8 Å². The molecule has 0 aliphatic rings. The first kappa shape index (κ1) is 13.1. The molecule has 98 valence electrons. The Morgan fingerprint density at radius 1 is 1.44 bits per heavy atom. The minimum Gasteiger partial charge on any atom is -0.363 e. The first-order chi connectivity index (χ1) is 8.59. The molecule has 2 aromatic heterocycles. The molecule has 2 rings (SSSR count). The van der Waals surface area contributed by atoms with Crippen molar-refractivity contribution in [3.05, 3.63) is 18.6 Å². The van der Waals surface area contributed by atoms with Gasteiger partial charge in [0, 0.05) is 24.7 Å². The molecule has 0 spiro atoms. The van der Waals surface area contributed by atoms with Crippen LogP contribution in [0.3, 0.4) is 0 Å². The second-order valence-electron chi connectivity index (χ2n) is 4.86. The number of nitrogens with one attached hydrogen (secondary N) is 1. The van der Waals surface area contributed by atoms with E-state index in [4.69, 9.17) is 11.6 Å². The molecule has 0 aliphatic heterocycles. The number of nitrogens with zero attached hydrogens (tertiary/aromatic N) is 3. The van der Waals surface area contributed by atoms with Gasteiger partial charge in [0.1, 0.15) is 5.52 Å². The van der Waals surface area contributed by atoms with E-state index in [1.165, 1.54) is 0 Å². The highest BCUT2D eigenvalue weighted by Crippen LogP contribution is 2.25. The number of hydrogen-bond acceptors (Lipinski definition) is 3. The molecule has 1 N–H and O–H groups in total. The summed E-state index contributed by atoms with van der Waals surface area (Å²) in [6.45, 7) is 4.32. The highest BCUT2D eigenvalue weighted by atomic mass is 35.5. The molecule has 18 heavy (non-hydrogen) atoms. The van der Waals surface area contributed by atoms with Gasteiger partial charge in [-0.2, -0.15) is 0 Å². The van der Waals surface area contributed by atoms with Crippen LogP contribution in [0.5, 0.6) is 0 Å². The summed E-state index contributed by atoms with van der Waals surface area (Å²) in [4.78, 5) is 8.81. The third-order valence-electron chi connectivity index (χ3n) is 3.49. The first-order valence-electron chi connectivity index (χ1n) is 6.20. The Balaban J connectivity index is 2.36. The smallest absolute Gasteiger partial charge is 0.154 e. The Morgan fingerprint density at radius 3 is 2.89 bits per heavy atom. The van der Waals surface area contributed by atoms with Gasteiger partial charge in [0.2, 0.25) is 0 Å². The number of aryl methyl sites for hydroxylation is 1. The van der Waals surface area contributed by atoms with E-state index >= 15 is 0 Å². The van der Waals surface area contributed by atoms with Crippen molar-refractivity contribution in [2.24, 2.45) is 7.05 Å². The zero-order valence-corrected chi connectivity index (χ0v) is 11.8. The molecule has 0 saturated carbocycles. The van der Waals surface area contributed by atoms with E-state index in [0.717, 1.165) is 29.7 Å². The number of imidazole rings is 1. The lowest BCUT2D eigenvalue weighted by Gasteiger charge is -2.29. The normalized spacial score (nSPS) is 14.7. The van der Waals surface area contributed by atoms with Crippen LogP contribution in [0.25, 0.3) is 11.0 Å². The summed E-state index contributed by atoms with van der Waals surface area (Å²) in [5.74, 6) is 1.47. The summed E-state index contributed by atoms with van der Waals surface area (Å²) in [6, 6.07) is 1.97. The maximum absolute atomic E-state index is 5.87. The van der Waals surface area contributed by atoms with Crippen molar-refractivity contribution in [2.75, 3.05) is 11.2 Å². The number of hydrogen-bond donors (Lipinski definition) is 1. The summed E-state index contributed by atoms with van der Waals surface area (Å²) < 4.78 is 1.99. The van der Waals surface area contributed by atoms with Crippen LogP contribution in [0.2, 0.25) is 0 Å². The van der Waals surface area contributed by atoms with Crippen molar-refractivity contribution >= 4 is 28.5 Å². The molecular weight excluding hydrogens is 248 g/mol. The van der Waals surface area contributed by atoms with Crippen LogP contribution in [0, 0.1) is 0 Å². The van der Waals surface area contributed by atoms with Crippen LogP contribution >= 0.6 is 11.6 Å². The van der Waals surface area contributed by atoms with Crippen molar-refractivity contribution in [3.63, 3.8) is 0 Å². The van der Waals surface area contributed by atoms with E-state index in [2.05, 4.69) is 29.1 Å². The topological polar surface area (TPSA) is 42.7 Å². The van der Waals surface area contributed by atoms with Crippen LogP contribution < -0.4 is 5.32 Å². The molecule has 0 saturated heterocycles. The van der Waals surface area contributed by atoms with Gasteiger partial charge in [0.15, 0.2) is 5.82 Å². The molecule has 4 nitrogen and oxygen atoms in total. The molecule has 0 radical (unpaired) electrons. The fourth-order valence-corrected chi connectivity index (χ4v) is 2.39. The Morgan fingerprint density at radius 2 is 2.22 bits per heavy atom. The zero-order valence-electron chi connectivity index (χ0n) is 11.1. The fourth-order valence-electron chi connectivity index (χ4n) is 1.98. The molecule has 0 aliphatic carbocycles. The van der Waals surface area contributed by atoms with Gasteiger partial charge in [-0.3, -0.25) is 0 Å². The van der Waals surface area contributed by atoms with Crippen LogP contribution in [-0.2, 0) is 7.05 Å². The third kappa shape index (κ3) is 2.43. The molecule has 0 bridgehead atoms. The number of pyridine rings is 1. The SMILES string of the molecule is CCC(C)(CCCl)Nc1nccc2c1ncn2C. The van der Waals surface area contributed by atoms with Crippen molar-refractivity contribution in [1.82, 2.24) is 14.5 Å². The van der Waals surface area contributed by atoms with Crippen LogP contribution in [0.1, 0.15) is 26.7 Å². The second kappa shape index (κ2) is 5.14. The molecular formula is C13H19ClN4. The number of alkyl halides is 1. The number of fused-ring (bicyclic) bond motifs is 1. The fraction of sp³-hybridized carbons (Fsp3) is 0.538. The molecule has 2 aromatic rings. The lowest BCUT2D eigenvalue weighted by molar-refractivity contribution is 0.480. The predicted molar refractivity (Wildman–Crippen MR) is 76.2 cm³/mol. The lowest BCUT2D eigenvalue weighted by atomic mass is 9.95. The van der Waals surface area contributed by atoms with Gasteiger partial charge in [-0.05, 0) is 25.8 Å².